The number of amides is 1. The summed E-state index contributed by atoms with van der Waals surface area (Å²) in [4.78, 5) is 13.8. The van der Waals surface area contributed by atoms with Gasteiger partial charge in [0, 0.05) is 19.2 Å². The summed E-state index contributed by atoms with van der Waals surface area (Å²) in [6.45, 7) is 0.504. The van der Waals surface area contributed by atoms with Gasteiger partial charge in [-0.25, -0.2) is 8.42 Å². The first kappa shape index (κ1) is 19.2. The molecule has 0 bridgehead atoms. The van der Waals surface area contributed by atoms with E-state index in [0.29, 0.717) is 13.0 Å². The maximum absolute atomic E-state index is 12.3. The molecule has 1 heterocycles. The van der Waals surface area contributed by atoms with Gasteiger partial charge in [-0.15, -0.1) is 0 Å². The Morgan fingerprint density at radius 2 is 1.85 bits per heavy atom. The van der Waals surface area contributed by atoms with Crippen LogP contribution in [-0.2, 0) is 21.2 Å². The third-order valence-corrected chi connectivity index (χ3v) is 6.40. The summed E-state index contributed by atoms with van der Waals surface area (Å²) in [5.74, 6) is 0.775. The average molecular weight is 385 g/mol. The Labute approximate surface area is 160 Å². The van der Waals surface area contributed by atoms with Crippen LogP contribution in [0.5, 0.6) is 5.75 Å². The van der Waals surface area contributed by atoms with E-state index in [9.17, 15) is 13.2 Å². The van der Waals surface area contributed by atoms with Crippen molar-refractivity contribution in [2.45, 2.75) is 19.1 Å². The van der Waals surface area contributed by atoms with Crippen molar-refractivity contribution in [1.29, 1.82) is 0 Å². The number of carbonyl (C=O) groups excluding carboxylic acids is 1. The van der Waals surface area contributed by atoms with Crippen LogP contribution in [0.3, 0.4) is 0 Å². The molecule has 27 heavy (non-hydrogen) atoms. The first-order valence-corrected chi connectivity index (χ1v) is 10.7. The standard InChI is InChI=1S/C21H23NO4S/c1-22(19-13-14-27(24,25)16-19)21(23)12-9-17-7-10-20(11-8-17)26-15-18-5-3-2-4-6-18/h2-12,19H,13-16H2,1H3/b12-9+. The van der Waals surface area contributed by atoms with Crippen molar-refractivity contribution in [2.24, 2.45) is 0 Å². The second-order valence-electron chi connectivity index (χ2n) is 6.68. The molecule has 0 N–H and O–H groups in total. The van der Waals surface area contributed by atoms with Crippen molar-refractivity contribution in [3.8, 4) is 5.75 Å². The summed E-state index contributed by atoms with van der Waals surface area (Å²) >= 11 is 0. The predicted molar refractivity (Wildman–Crippen MR) is 106 cm³/mol. The van der Waals surface area contributed by atoms with E-state index in [0.717, 1.165) is 16.9 Å². The molecule has 1 aliphatic rings. The molecular formula is C21H23NO4S. The van der Waals surface area contributed by atoms with Crippen LogP contribution in [-0.4, -0.2) is 43.8 Å². The van der Waals surface area contributed by atoms with Crippen molar-refractivity contribution in [1.82, 2.24) is 4.90 Å². The second-order valence-corrected chi connectivity index (χ2v) is 8.91. The van der Waals surface area contributed by atoms with E-state index in [1.807, 2.05) is 54.6 Å². The van der Waals surface area contributed by atoms with Crippen molar-refractivity contribution >= 4 is 21.8 Å². The Hall–Kier alpha value is -2.60. The molecule has 0 aromatic heterocycles. The summed E-state index contributed by atoms with van der Waals surface area (Å²) in [5.41, 5.74) is 1.98. The van der Waals surface area contributed by atoms with E-state index >= 15 is 0 Å². The molecule has 1 fully saturated rings. The minimum Gasteiger partial charge on any atom is -0.489 e. The van der Waals surface area contributed by atoms with Crippen LogP contribution >= 0.6 is 0 Å². The SMILES string of the molecule is CN(C(=O)/C=C/c1ccc(OCc2ccccc2)cc1)C1CCS(=O)(=O)C1. The average Bonchev–Trinajstić information content (AvgIpc) is 3.05. The topological polar surface area (TPSA) is 63.7 Å². The van der Waals surface area contributed by atoms with E-state index in [1.165, 1.54) is 11.0 Å². The van der Waals surface area contributed by atoms with Crippen LogP contribution in [0.25, 0.3) is 6.08 Å². The molecule has 0 radical (unpaired) electrons. The van der Waals surface area contributed by atoms with Crippen LogP contribution in [0, 0.1) is 0 Å². The Balaban J connectivity index is 1.53. The molecule has 0 aliphatic carbocycles. The minimum atomic E-state index is -3.00. The molecule has 5 nitrogen and oxygen atoms in total. The smallest absolute Gasteiger partial charge is 0.246 e. The molecule has 1 aliphatic heterocycles. The zero-order valence-corrected chi connectivity index (χ0v) is 16.1. The quantitative estimate of drug-likeness (QED) is 0.717. The molecule has 2 aromatic rings. The molecule has 3 rings (SSSR count). The normalized spacial score (nSPS) is 18.5. The van der Waals surface area contributed by atoms with Crippen molar-refractivity contribution in [2.75, 3.05) is 18.6 Å². The third kappa shape index (κ3) is 5.44. The lowest BCUT2D eigenvalue weighted by Crippen LogP contribution is -2.36. The number of sulfone groups is 1. The fraction of sp³-hybridized carbons (Fsp3) is 0.286. The minimum absolute atomic E-state index is 0.0521. The lowest BCUT2D eigenvalue weighted by molar-refractivity contribution is -0.126. The van der Waals surface area contributed by atoms with Gasteiger partial charge in [0.2, 0.25) is 5.91 Å². The monoisotopic (exact) mass is 385 g/mol. The first-order valence-electron chi connectivity index (χ1n) is 8.85. The Morgan fingerprint density at radius 3 is 2.48 bits per heavy atom. The highest BCUT2D eigenvalue weighted by Gasteiger charge is 2.31. The maximum atomic E-state index is 12.3. The Bertz CT molecular complexity index is 905. The Morgan fingerprint density at radius 1 is 1.15 bits per heavy atom. The molecule has 1 unspecified atom stereocenters. The fourth-order valence-electron chi connectivity index (χ4n) is 2.96. The van der Waals surface area contributed by atoms with Gasteiger partial charge >= 0.3 is 0 Å². The number of hydrogen-bond acceptors (Lipinski definition) is 4. The lowest BCUT2D eigenvalue weighted by Gasteiger charge is -2.21. The van der Waals surface area contributed by atoms with Gasteiger partial charge in [0.1, 0.15) is 12.4 Å². The zero-order valence-electron chi connectivity index (χ0n) is 15.2. The summed E-state index contributed by atoms with van der Waals surface area (Å²) in [6.07, 6.45) is 3.71. The van der Waals surface area contributed by atoms with Crippen LogP contribution < -0.4 is 4.74 Å². The van der Waals surface area contributed by atoms with Gasteiger partial charge in [-0.1, -0.05) is 42.5 Å². The van der Waals surface area contributed by atoms with Gasteiger partial charge in [0.25, 0.3) is 0 Å². The highest BCUT2D eigenvalue weighted by atomic mass is 32.2. The largest absolute Gasteiger partial charge is 0.489 e. The molecule has 2 aromatic carbocycles. The Kier molecular flexibility index (Phi) is 5.96. The van der Waals surface area contributed by atoms with Gasteiger partial charge in [-0.3, -0.25) is 4.79 Å². The van der Waals surface area contributed by atoms with E-state index in [1.54, 1.807) is 13.1 Å². The summed E-state index contributed by atoms with van der Waals surface area (Å²) < 4.78 is 28.9. The van der Waals surface area contributed by atoms with Crippen molar-refractivity contribution < 1.29 is 17.9 Å². The number of likely N-dealkylation sites (N-methyl/N-ethyl adjacent to an activating group) is 1. The molecule has 6 heteroatoms. The molecule has 1 amide bonds. The first-order chi connectivity index (χ1) is 12.9. The summed E-state index contributed by atoms with van der Waals surface area (Å²) in [7, 11) is -1.35. The van der Waals surface area contributed by atoms with Crippen LogP contribution in [0.1, 0.15) is 17.5 Å². The zero-order chi connectivity index (χ0) is 19.3. The summed E-state index contributed by atoms with van der Waals surface area (Å²) in [5, 5.41) is 0. The number of nitrogens with zero attached hydrogens (tertiary/aromatic N) is 1. The second kappa shape index (κ2) is 8.39. The molecule has 1 atom stereocenters. The molecule has 0 spiro atoms. The van der Waals surface area contributed by atoms with E-state index < -0.39 is 9.84 Å². The highest BCUT2D eigenvalue weighted by molar-refractivity contribution is 7.91. The van der Waals surface area contributed by atoms with Gasteiger partial charge in [0.05, 0.1) is 11.5 Å². The van der Waals surface area contributed by atoms with Crippen LogP contribution in [0.2, 0.25) is 0 Å². The predicted octanol–water partition coefficient (Wildman–Crippen LogP) is 2.92. The van der Waals surface area contributed by atoms with E-state index in [4.69, 9.17) is 4.74 Å². The number of rotatable bonds is 6. The lowest BCUT2D eigenvalue weighted by atomic mass is 10.2. The summed E-state index contributed by atoms with van der Waals surface area (Å²) in [6, 6.07) is 17.2. The van der Waals surface area contributed by atoms with Gasteiger partial charge < -0.3 is 9.64 Å². The molecule has 142 valence electrons. The number of carbonyl (C=O) groups is 1. The van der Waals surface area contributed by atoms with Crippen molar-refractivity contribution in [3.63, 3.8) is 0 Å². The van der Waals surface area contributed by atoms with Gasteiger partial charge in [0.15, 0.2) is 9.84 Å². The van der Waals surface area contributed by atoms with E-state index in [-0.39, 0.29) is 23.5 Å². The molecule has 1 saturated heterocycles. The van der Waals surface area contributed by atoms with Gasteiger partial charge in [-0.2, -0.15) is 0 Å². The highest BCUT2D eigenvalue weighted by Crippen LogP contribution is 2.18. The number of benzene rings is 2. The third-order valence-electron chi connectivity index (χ3n) is 4.65. The number of hydrogen-bond donors (Lipinski definition) is 0. The van der Waals surface area contributed by atoms with Crippen LogP contribution in [0.15, 0.2) is 60.7 Å². The van der Waals surface area contributed by atoms with Gasteiger partial charge in [-0.05, 0) is 35.8 Å². The molecular weight excluding hydrogens is 362 g/mol. The van der Waals surface area contributed by atoms with E-state index in [2.05, 4.69) is 0 Å². The maximum Gasteiger partial charge on any atom is 0.246 e. The number of ether oxygens (including phenoxy) is 1. The van der Waals surface area contributed by atoms with Crippen molar-refractivity contribution in [3.05, 3.63) is 71.8 Å². The molecule has 0 saturated carbocycles. The van der Waals surface area contributed by atoms with Crippen LogP contribution in [0.4, 0.5) is 0 Å². The fourth-order valence-corrected chi connectivity index (χ4v) is 4.74.